The van der Waals surface area contributed by atoms with Crippen molar-refractivity contribution >= 4 is 11.4 Å². The van der Waals surface area contributed by atoms with Crippen molar-refractivity contribution in [2.24, 2.45) is 7.05 Å². The van der Waals surface area contributed by atoms with E-state index < -0.39 is 0 Å². The third-order valence-electron chi connectivity index (χ3n) is 2.62. The van der Waals surface area contributed by atoms with Crippen molar-refractivity contribution in [3.05, 3.63) is 36.2 Å². The molecular formula is C14H20N4O. The van der Waals surface area contributed by atoms with Gasteiger partial charge in [-0.1, -0.05) is 0 Å². The molecule has 0 amide bonds. The first-order valence-electron chi connectivity index (χ1n) is 6.33. The summed E-state index contributed by atoms with van der Waals surface area (Å²) in [7, 11) is 1.90. The molecule has 1 aromatic heterocycles. The van der Waals surface area contributed by atoms with E-state index in [0.29, 0.717) is 18.0 Å². The highest BCUT2D eigenvalue weighted by atomic mass is 16.5. The molecule has 0 fully saturated rings. The van der Waals surface area contributed by atoms with Gasteiger partial charge in [0.1, 0.15) is 5.75 Å². The molecule has 0 aliphatic rings. The smallest absolute Gasteiger partial charge is 0.144 e. The molecule has 0 saturated carbocycles. The van der Waals surface area contributed by atoms with Gasteiger partial charge in [-0.05, 0) is 32.0 Å². The van der Waals surface area contributed by atoms with Crippen LogP contribution < -0.4 is 15.8 Å². The standard InChI is InChI=1S/C14H20N4O/c1-10(2)19-14-8-11(4-5-13(14)15)16-9-12-6-7-18(3)17-12/h4-8,10,16H,9,15H2,1-3H3. The molecule has 5 heteroatoms. The highest BCUT2D eigenvalue weighted by molar-refractivity contribution is 5.61. The Balaban J connectivity index is 2.04. The van der Waals surface area contributed by atoms with Crippen LogP contribution >= 0.6 is 0 Å². The fraction of sp³-hybridized carbons (Fsp3) is 0.357. The summed E-state index contributed by atoms with van der Waals surface area (Å²) in [6.45, 7) is 4.63. The van der Waals surface area contributed by atoms with Gasteiger partial charge < -0.3 is 15.8 Å². The van der Waals surface area contributed by atoms with Gasteiger partial charge in [-0.3, -0.25) is 4.68 Å². The number of nitrogen functional groups attached to an aromatic ring is 1. The fourth-order valence-electron chi connectivity index (χ4n) is 1.75. The van der Waals surface area contributed by atoms with Gasteiger partial charge in [0.2, 0.25) is 0 Å². The molecule has 1 heterocycles. The van der Waals surface area contributed by atoms with Crippen LogP contribution in [0, 0.1) is 0 Å². The van der Waals surface area contributed by atoms with Gasteiger partial charge in [0, 0.05) is 25.0 Å². The first-order valence-corrected chi connectivity index (χ1v) is 6.33. The van der Waals surface area contributed by atoms with E-state index in [-0.39, 0.29) is 6.10 Å². The van der Waals surface area contributed by atoms with Crippen LogP contribution in [0.4, 0.5) is 11.4 Å². The van der Waals surface area contributed by atoms with E-state index >= 15 is 0 Å². The molecule has 0 aliphatic carbocycles. The molecule has 2 aromatic rings. The number of nitrogens with one attached hydrogen (secondary N) is 1. The van der Waals surface area contributed by atoms with Crippen molar-refractivity contribution in [2.75, 3.05) is 11.1 Å². The van der Waals surface area contributed by atoms with Crippen molar-refractivity contribution in [3.63, 3.8) is 0 Å². The summed E-state index contributed by atoms with van der Waals surface area (Å²) in [5.74, 6) is 0.709. The highest BCUT2D eigenvalue weighted by Crippen LogP contribution is 2.26. The maximum atomic E-state index is 5.88. The SMILES string of the molecule is CC(C)Oc1cc(NCc2ccn(C)n2)ccc1N. The first-order chi connectivity index (χ1) is 9.04. The second-order valence-corrected chi connectivity index (χ2v) is 4.75. The van der Waals surface area contributed by atoms with Gasteiger partial charge in [0.25, 0.3) is 0 Å². The lowest BCUT2D eigenvalue weighted by Gasteiger charge is -2.14. The number of hydrogen-bond donors (Lipinski definition) is 2. The molecule has 3 N–H and O–H groups in total. The third kappa shape index (κ3) is 3.64. The topological polar surface area (TPSA) is 65.1 Å². The normalized spacial score (nSPS) is 10.7. The van der Waals surface area contributed by atoms with Crippen molar-refractivity contribution in [1.29, 1.82) is 0 Å². The lowest BCUT2D eigenvalue weighted by Crippen LogP contribution is -2.08. The summed E-state index contributed by atoms with van der Waals surface area (Å²) in [6.07, 6.45) is 2.03. The lowest BCUT2D eigenvalue weighted by atomic mass is 10.2. The first kappa shape index (κ1) is 13.3. The molecule has 102 valence electrons. The second kappa shape index (κ2) is 5.65. The molecule has 0 spiro atoms. The number of rotatable bonds is 5. The zero-order valence-electron chi connectivity index (χ0n) is 11.6. The quantitative estimate of drug-likeness (QED) is 0.810. The van der Waals surface area contributed by atoms with E-state index in [1.807, 2.05) is 51.4 Å². The van der Waals surface area contributed by atoms with E-state index in [9.17, 15) is 0 Å². The van der Waals surface area contributed by atoms with Crippen molar-refractivity contribution in [3.8, 4) is 5.75 Å². The minimum Gasteiger partial charge on any atom is -0.489 e. The van der Waals surface area contributed by atoms with Crippen LogP contribution in [-0.4, -0.2) is 15.9 Å². The number of nitrogens with two attached hydrogens (primary N) is 1. The predicted octanol–water partition coefficient (Wildman–Crippen LogP) is 2.40. The molecule has 0 aliphatic heterocycles. The summed E-state index contributed by atoms with van der Waals surface area (Å²) >= 11 is 0. The molecule has 1 aromatic carbocycles. The minimum absolute atomic E-state index is 0.105. The lowest BCUT2D eigenvalue weighted by molar-refractivity contribution is 0.244. The van der Waals surface area contributed by atoms with Gasteiger partial charge in [-0.25, -0.2) is 0 Å². The second-order valence-electron chi connectivity index (χ2n) is 4.75. The Morgan fingerprint density at radius 3 is 2.79 bits per heavy atom. The molecule has 0 bridgehead atoms. The minimum atomic E-state index is 0.105. The maximum Gasteiger partial charge on any atom is 0.144 e. The van der Waals surface area contributed by atoms with Crippen molar-refractivity contribution in [2.45, 2.75) is 26.5 Å². The van der Waals surface area contributed by atoms with E-state index in [4.69, 9.17) is 10.5 Å². The van der Waals surface area contributed by atoms with Crippen LogP contribution in [0.3, 0.4) is 0 Å². The zero-order chi connectivity index (χ0) is 13.8. The summed E-state index contributed by atoms with van der Waals surface area (Å²) in [4.78, 5) is 0. The van der Waals surface area contributed by atoms with Gasteiger partial charge >= 0.3 is 0 Å². The number of anilines is 2. The zero-order valence-corrected chi connectivity index (χ0v) is 11.6. The predicted molar refractivity (Wildman–Crippen MR) is 77.2 cm³/mol. The number of nitrogens with zero attached hydrogens (tertiary/aromatic N) is 2. The Hall–Kier alpha value is -2.17. The van der Waals surface area contributed by atoms with E-state index in [1.54, 1.807) is 4.68 Å². The van der Waals surface area contributed by atoms with Crippen LogP contribution in [0.15, 0.2) is 30.5 Å². The fourth-order valence-corrected chi connectivity index (χ4v) is 1.75. The summed E-state index contributed by atoms with van der Waals surface area (Å²) in [5.41, 5.74) is 8.49. The maximum absolute atomic E-state index is 5.88. The van der Waals surface area contributed by atoms with Crippen LogP contribution in [0.25, 0.3) is 0 Å². The number of aryl methyl sites for hydroxylation is 1. The molecular weight excluding hydrogens is 240 g/mol. The van der Waals surface area contributed by atoms with Crippen LogP contribution in [0.5, 0.6) is 5.75 Å². The number of aromatic nitrogens is 2. The van der Waals surface area contributed by atoms with Crippen LogP contribution in [0.1, 0.15) is 19.5 Å². The van der Waals surface area contributed by atoms with E-state index in [0.717, 1.165) is 11.4 Å². The average Bonchev–Trinajstić information content (AvgIpc) is 2.75. The summed E-state index contributed by atoms with van der Waals surface area (Å²) in [6, 6.07) is 7.68. The Morgan fingerprint density at radius 1 is 1.37 bits per heavy atom. The molecule has 0 atom stereocenters. The molecule has 5 nitrogen and oxygen atoms in total. The van der Waals surface area contributed by atoms with Gasteiger partial charge in [0.05, 0.1) is 24.0 Å². The monoisotopic (exact) mass is 260 g/mol. The summed E-state index contributed by atoms with van der Waals surface area (Å²) < 4.78 is 7.44. The van der Waals surface area contributed by atoms with E-state index in [1.165, 1.54) is 0 Å². The number of benzene rings is 1. The molecule has 19 heavy (non-hydrogen) atoms. The Kier molecular flexibility index (Phi) is 3.94. The van der Waals surface area contributed by atoms with Gasteiger partial charge in [-0.15, -0.1) is 0 Å². The largest absolute Gasteiger partial charge is 0.489 e. The number of hydrogen-bond acceptors (Lipinski definition) is 4. The third-order valence-corrected chi connectivity index (χ3v) is 2.62. The molecule has 0 unspecified atom stereocenters. The Labute approximate surface area is 113 Å². The van der Waals surface area contributed by atoms with Crippen LogP contribution in [0.2, 0.25) is 0 Å². The Morgan fingerprint density at radius 2 is 2.16 bits per heavy atom. The highest BCUT2D eigenvalue weighted by Gasteiger charge is 2.05. The van der Waals surface area contributed by atoms with Gasteiger partial charge in [0.15, 0.2) is 0 Å². The van der Waals surface area contributed by atoms with Crippen molar-refractivity contribution in [1.82, 2.24) is 9.78 Å². The Bertz CT molecular complexity index is 548. The average molecular weight is 260 g/mol. The molecule has 0 radical (unpaired) electrons. The van der Waals surface area contributed by atoms with Crippen LogP contribution in [-0.2, 0) is 13.6 Å². The molecule has 2 rings (SSSR count). The number of ether oxygens (including phenoxy) is 1. The molecule has 0 saturated heterocycles. The van der Waals surface area contributed by atoms with E-state index in [2.05, 4.69) is 10.4 Å². The van der Waals surface area contributed by atoms with Gasteiger partial charge in [-0.2, -0.15) is 5.10 Å². The summed E-state index contributed by atoms with van der Waals surface area (Å²) in [5, 5.41) is 7.62. The van der Waals surface area contributed by atoms with Crippen molar-refractivity contribution < 1.29 is 4.74 Å².